The molecule has 1 aromatic carbocycles. The second-order valence-electron chi connectivity index (χ2n) is 3.54. The van der Waals surface area contributed by atoms with Crippen molar-refractivity contribution >= 4 is 11.6 Å². The van der Waals surface area contributed by atoms with E-state index in [1.165, 1.54) is 0 Å². The standard InChI is InChI=1S/C13H13ClN2/c1-3-9-5-12(14)6-10(4-2)13(9)11(7-15)8-16/h5-6,11H,3-4H2,1-2H3. The topological polar surface area (TPSA) is 47.6 Å². The molecule has 0 aliphatic carbocycles. The molecule has 0 saturated carbocycles. The first kappa shape index (κ1) is 12.6. The summed E-state index contributed by atoms with van der Waals surface area (Å²) in [7, 11) is 0. The highest BCUT2D eigenvalue weighted by Gasteiger charge is 2.17. The van der Waals surface area contributed by atoms with Gasteiger partial charge in [0.05, 0.1) is 12.1 Å². The molecule has 0 aliphatic rings. The molecule has 0 atom stereocenters. The van der Waals surface area contributed by atoms with Gasteiger partial charge in [0.1, 0.15) is 0 Å². The van der Waals surface area contributed by atoms with Crippen molar-refractivity contribution in [2.24, 2.45) is 0 Å². The van der Waals surface area contributed by atoms with Crippen LogP contribution in [0.15, 0.2) is 12.1 Å². The summed E-state index contributed by atoms with van der Waals surface area (Å²) >= 11 is 6.00. The largest absolute Gasteiger partial charge is 0.196 e. The lowest BCUT2D eigenvalue weighted by molar-refractivity contribution is 0.969. The van der Waals surface area contributed by atoms with E-state index in [0.29, 0.717) is 5.02 Å². The second kappa shape index (κ2) is 5.54. The Morgan fingerprint density at radius 2 is 1.56 bits per heavy atom. The summed E-state index contributed by atoms with van der Waals surface area (Å²) in [6, 6.07) is 7.76. The van der Waals surface area contributed by atoms with Crippen LogP contribution in [0.5, 0.6) is 0 Å². The number of benzene rings is 1. The van der Waals surface area contributed by atoms with E-state index in [9.17, 15) is 0 Å². The zero-order chi connectivity index (χ0) is 12.1. The van der Waals surface area contributed by atoms with Crippen LogP contribution >= 0.6 is 11.6 Å². The maximum absolute atomic E-state index is 8.98. The molecule has 0 fully saturated rings. The van der Waals surface area contributed by atoms with Crippen LogP contribution in [-0.2, 0) is 12.8 Å². The molecule has 1 rings (SSSR count). The number of halogens is 1. The summed E-state index contributed by atoms with van der Waals surface area (Å²) in [6.45, 7) is 4.00. The van der Waals surface area contributed by atoms with E-state index in [1.54, 1.807) is 0 Å². The molecule has 0 saturated heterocycles. The van der Waals surface area contributed by atoms with Crippen LogP contribution in [0, 0.1) is 22.7 Å². The van der Waals surface area contributed by atoms with E-state index in [1.807, 2.05) is 38.1 Å². The lowest BCUT2D eigenvalue weighted by Gasteiger charge is -2.14. The van der Waals surface area contributed by atoms with Crippen molar-refractivity contribution in [1.82, 2.24) is 0 Å². The molecule has 0 bridgehead atoms. The summed E-state index contributed by atoms with van der Waals surface area (Å²) < 4.78 is 0. The minimum Gasteiger partial charge on any atom is -0.196 e. The van der Waals surface area contributed by atoms with Crippen molar-refractivity contribution in [3.8, 4) is 12.1 Å². The quantitative estimate of drug-likeness (QED) is 0.800. The van der Waals surface area contributed by atoms with E-state index >= 15 is 0 Å². The first-order chi connectivity index (χ1) is 7.67. The Morgan fingerprint density at radius 1 is 1.12 bits per heavy atom. The van der Waals surface area contributed by atoms with E-state index in [2.05, 4.69) is 0 Å². The van der Waals surface area contributed by atoms with Gasteiger partial charge in [0.15, 0.2) is 5.92 Å². The molecule has 2 nitrogen and oxygen atoms in total. The SMILES string of the molecule is CCc1cc(Cl)cc(CC)c1C(C#N)C#N. The highest BCUT2D eigenvalue weighted by atomic mass is 35.5. The van der Waals surface area contributed by atoms with Gasteiger partial charge in [0.2, 0.25) is 0 Å². The smallest absolute Gasteiger partial charge is 0.158 e. The van der Waals surface area contributed by atoms with E-state index in [0.717, 1.165) is 29.5 Å². The van der Waals surface area contributed by atoms with Gasteiger partial charge in [-0.2, -0.15) is 10.5 Å². The van der Waals surface area contributed by atoms with Gasteiger partial charge in [-0.1, -0.05) is 25.4 Å². The minimum atomic E-state index is -0.692. The average Bonchev–Trinajstić information content (AvgIpc) is 2.31. The van der Waals surface area contributed by atoms with Crippen LogP contribution in [0.3, 0.4) is 0 Å². The molecule has 1 aromatic rings. The van der Waals surface area contributed by atoms with Crippen molar-refractivity contribution in [2.75, 3.05) is 0 Å². The molecular formula is C13H13ClN2. The number of rotatable bonds is 3. The number of hydrogen-bond acceptors (Lipinski definition) is 2. The first-order valence-electron chi connectivity index (χ1n) is 5.28. The third kappa shape index (κ3) is 2.35. The minimum absolute atomic E-state index is 0.673. The maximum Gasteiger partial charge on any atom is 0.158 e. The summed E-state index contributed by atoms with van der Waals surface area (Å²) in [5, 5.41) is 18.6. The van der Waals surface area contributed by atoms with E-state index < -0.39 is 5.92 Å². The number of hydrogen-bond donors (Lipinski definition) is 0. The van der Waals surface area contributed by atoms with Crippen molar-refractivity contribution < 1.29 is 0 Å². The highest BCUT2D eigenvalue weighted by Crippen LogP contribution is 2.28. The van der Waals surface area contributed by atoms with Crippen molar-refractivity contribution in [3.05, 3.63) is 33.8 Å². The van der Waals surface area contributed by atoms with Crippen LogP contribution in [0.25, 0.3) is 0 Å². The molecular weight excluding hydrogens is 220 g/mol. The van der Waals surface area contributed by atoms with Gasteiger partial charge in [-0.05, 0) is 41.7 Å². The van der Waals surface area contributed by atoms with Crippen molar-refractivity contribution in [1.29, 1.82) is 10.5 Å². The fourth-order valence-corrected chi connectivity index (χ4v) is 2.11. The van der Waals surface area contributed by atoms with Crippen LogP contribution < -0.4 is 0 Å². The predicted octanol–water partition coefficient (Wildman–Crippen LogP) is 3.60. The zero-order valence-electron chi connectivity index (χ0n) is 9.42. The van der Waals surface area contributed by atoms with Gasteiger partial charge in [0.25, 0.3) is 0 Å². The maximum atomic E-state index is 8.98. The summed E-state index contributed by atoms with van der Waals surface area (Å²) in [4.78, 5) is 0. The molecule has 16 heavy (non-hydrogen) atoms. The Morgan fingerprint density at radius 3 is 1.88 bits per heavy atom. The van der Waals surface area contributed by atoms with Gasteiger partial charge in [-0.15, -0.1) is 0 Å². The summed E-state index contributed by atoms with van der Waals surface area (Å²) in [5.41, 5.74) is 2.84. The van der Waals surface area contributed by atoms with Crippen LogP contribution in [0.2, 0.25) is 5.02 Å². The van der Waals surface area contributed by atoms with Gasteiger partial charge in [-0.25, -0.2) is 0 Å². The molecule has 0 spiro atoms. The molecule has 0 aliphatic heterocycles. The Bertz CT molecular complexity index is 427. The fraction of sp³-hybridized carbons (Fsp3) is 0.385. The molecule has 0 radical (unpaired) electrons. The number of nitriles is 2. The van der Waals surface area contributed by atoms with Gasteiger partial charge >= 0.3 is 0 Å². The molecule has 82 valence electrons. The fourth-order valence-electron chi connectivity index (χ4n) is 1.85. The molecule has 0 amide bonds. The third-order valence-corrected chi connectivity index (χ3v) is 2.84. The van der Waals surface area contributed by atoms with E-state index in [-0.39, 0.29) is 0 Å². The number of aryl methyl sites for hydroxylation is 2. The van der Waals surface area contributed by atoms with Crippen LogP contribution in [0.4, 0.5) is 0 Å². The number of nitrogens with zero attached hydrogens (tertiary/aromatic N) is 2. The van der Waals surface area contributed by atoms with Crippen molar-refractivity contribution in [3.63, 3.8) is 0 Å². The lowest BCUT2D eigenvalue weighted by atomic mass is 9.89. The summed E-state index contributed by atoms with van der Waals surface area (Å²) in [6.07, 6.45) is 1.56. The van der Waals surface area contributed by atoms with Crippen molar-refractivity contribution in [2.45, 2.75) is 32.6 Å². The monoisotopic (exact) mass is 232 g/mol. The molecule has 0 N–H and O–H groups in total. The van der Waals surface area contributed by atoms with Gasteiger partial charge in [-0.3, -0.25) is 0 Å². The second-order valence-corrected chi connectivity index (χ2v) is 3.97. The Kier molecular flexibility index (Phi) is 4.35. The normalized spacial score (nSPS) is 9.88. The predicted molar refractivity (Wildman–Crippen MR) is 64.2 cm³/mol. The highest BCUT2D eigenvalue weighted by molar-refractivity contribution is 6.30. The van der Waals surface area contributed by atoms with Crippen LogP contribution in [0.1, 0.15) is 36.5 Å². The molecule has 3 heteroatoms. The molecule has 0 unspecified atom stereocenters. The van der Waals surface area contributed by atoms with E-state index in [4.69, 9.17) is 22.1 Å². The Balaban J connectivity index is 3.46. The van der Waals surface area contributed by atoms with Gasteiger partial charge < -0.3 is 0 Å². The Labute approximate surface area is 101 Å². The first-order valence-corrected chi connectivity index (χ1v) is 5.66. The average molecular weight is 233 g/mol. The molecule has 0 heterocycles. The molecule has 0 aromatic heterocycles. The van der Waals surface area contributed by atoms with Crippen LogP contribution in [-0.4, -0.2) is 0 Å². The van der Waals surface area contributed by atoms with Gasteiger partial charge in [0, 0.05) is 5.02 Å². The zero-order valence-corrected chi connectivity index (χ0v) is 10.2. The lowest BCUT2D eigenvalue weighted by Crippen LogP contribution is -2.03. The Hall–Kier alpha value is -1.51. The summed E-state index contributed by atoms with van der Waals surface area (Å²) in [5.74, 6) is -0.692. The third-order valence-electron chi connectivity index (χ3n) is 2.62.